The van der Waals surface area contributed by atoms with Gasteiger partial charge in [0.05, 0.1) is 12.1 Å². The summed E-state index contributed by atoms with van der Waals surface area (Å²) in [7, 11) is 0. The van der Waals surface area contributed by atoms with E-state index in [1.54, 1.807) is 11.7 Å². The smallest absolute Gasteiger partial charge is 0.330 e. The predicted octanol–water partition coefficient (Wildman–Crippen LogP) is -0.136. The van der Waals surface area contributed by atoms with Crippen molar-refractivity contribution in [3.63, 3.8) is 0 Å². The molecule has 18 heavy (non-hydrogen) atoms. The van der Waals surface area contributed by atoms with E-state index in [9.17, 15) is 9.59 Å². The Kier molecular flexibility index (Phi) is 4.06. The van der Waals surface area contributed by atoms with Gasteiger partial charge in [-0.05, 0) is 13.0 Å². The Bertz CT molecular complexity index is 615. The van der Waals surface area contributed by atoms with Crippen LogP contribution in [0.3, 0.4) is 0 Å². The molecule has 6 nitrogen and oxygen atoms in total. The van der Waals surface area contributed by atoms with Crippen molar-refractivity contribution in [1.29, 1.82) is 0 Å². The number of hydrogen-bond acceptors (Lipinski definition) is 5. The standard InChI is InChI=1S/C11H14N4O2S/c12-3-1-4-15-10(16)2-5-14(11(15)17)7-9-6-13-8-18-9/h2,5-6,8H,1,3-4,7,12H2. The highest BCUT2D eigenvalue weighted by molar-refractivity contribution is 7.09. The fourth-order valence-electron chi connectivity index (χ4n) is 1.62. The minimum absolute atomic E-state index is 0.283. The van der Waals surface area contributed by atoms with Crippen LogP contribution in [0.4, 0.5) is 0 Å². The van der Waals surface area contributed by atoms with Gasteiger partial charge in [0.25, 0.3) is 5.56 Å². The molecular formula is C11H14N4O2S. The Morgan fingerprint density at radius 3 is 2.89 bits per heavy atom. The summed E-state index contributed by atoms with van der Waals surface area (Å²) < 4.78 is 2.72. The molecule has 0 aliphatic rings. The maximum Gasteiger partial charge on any atom is 0.331 e. The zero-order chi connectivity index (χ0) is 13.0. The topological polar surface area (TPSA) is 82.9 Å². The first-order valence-corrected chi connectivity index (χ1v) is 6.48. The lowest BCUT2D eigenvalue weighted by Crippen LogP contribution is -2.39. The van der Waals surface area contributed by atoms with E-state index in [4.69, 9.17) is 5.73 Å². The lowest BCUT2D eigenvalue weighted by Gasteiger charge is -2.08. The molecule has 0 spiro atoms. The van der Waals surface area contributed by atoms with E-state index in [1.165, 1.54) is 32.7 Å². The van der Waals surface area contributed by atoms with Gasteiger partial charge in [0, 0.05) is 29.9 Å². The maximum atomic E-state index is 12.1. The molecule has 2 rings (SSSR count). The van der Waals surface area contributed by atoms with E-state index in [-0.39, 0.29) is 11.2 Å². The molecule has 96 valence electrons. The van der Waals surface area contributed by atoms with Crippen LogP contribution in [-0.2, 0) is 13.1 Å². The van der Waals surface area contributed by atoms with Crippen LogP contribution in [0.25, 0.3) is 0 Å². The molecule has 0 amide bonds. The highest BCUT2D eigenvalue weighted by Crippen LogP contribution is 2.05. The van der Waals surface area contributed by atoms with Crippen molar-refractivity contribution in [2.24, 2.45) is 5.73 Å². The van der Waals surface area contributed by atoms with E-state index in [2.05, 4.69) is 4.98 Å². The van der Waals surface area contributed by atoms with Crippen molar-refractivity contribution in [2.45, 2.75) is 19.5 Å². The average molecular weight is 266 g/mol. The second kappa shape index (κ2) is 5.74. The third kappa shape index (κ3) is 2.74. The van der Waals surface area contributed by atoms with Crippen LogP contribution in [0.5, 0.6) is 0 Å². The maximum absolute atomic E-state index is 12.1. The molecular weight excluding hydrogens is 252 g/mol. The van der Waals surface area contributed by atoms with Gasteiger partial charge < -0.3 is 5.73 Å². The lowest BCUT2D eigenvalue weighted by atomic mass is 10.4. The zero-order valence-corrected chi connectivity index (χ0v) is 10.6. The fraction of sp³-hybridized carbons (Fsp3) is 0.364. The van der Waals surface area contributed by atoms with Gasteiger partial charge in [-0.1, -0.05) is 0 Å². The van der Waals surface area contributed by atoms with Gasteiger partial charge in [-0.25, -0.2) is 4.79 Å². The van der Waals surface area contributed by atoms with Gasteiger partial charge in [-0.15, -0.1) is 11.3 Å². The van der Waals surface area contributed by atoms with E-state index < -0.39 is 0 Å². The number of rotatable bonds is 5. The Labute approximate surface area is 107 Å². The van der Waals surface area contributed by atoms with E-state index in [0.717, 1.165) is 4.88 Å². The number of hydrogen-bond donors (Lipinski definition) is 1. The number of aromatic nitrogens is 3. The first-order chi connectivity index (χ1) is 8.72. The van der Waals surface area contributed by atoms with Gasteiger partial charge in [0.15, 0.2) is 0 Å². The zero-order valence-electron chi connectivity index (χ0n) is 9.78. The van der Waals surface area contributed by atoms with E-state index in [0.29, 0.717) is 26.1 Å². The first kappa shape index (κ1) is 12.7. The van der Waals surface area contributed by atoms with Crippen molar-refractivity contribution < 1.29 is 0 Å². The second-order valence-electron chi connectivity index (χ2n) is 3.83. The van der Waals surface area contributed by atoms with Gasteiger partial charge >= 0.3 is 5.69 Å². The van der Waals surface area contributed by atoms with Gasteiger partial charge in [0.2, 0.25) is 0 Å². The van der Waals surface area contributed by atoms with Crippen LogP contribution >= 0.6 is 11.3 Å². The van der Waals surface area contributed by atoms with Crippen molar-refractivity contribution >= 4 is 11.3 Å². The fourth-order valence-corrected chi connectivity index (χ4v) is 2.21. The third-order valence-electron chi connectivity index (χ3n) is 2.54. The van der Waals surface area contributed by atoms with Crippen LogP contribution in [0, 0.1) is 0 Å². The van der Waals surface area contributed by atoms with Crippen molar-refractivity contribution in [2.75, 3.05) is 6.54 Å². The van der Waals surface area contributed by atoms with Crippen molar-refractivity contribution in [3.05, 3.63) is 49.7 Å². The Morgan fingerprint density at radius 1 is 1.39 bits per heavy atom. The molecule has 0 atom stereocenters. The van der Waals surface area contributed by atoms with Crippen LogP contribution in [0.1, 0.15) is 11.3 Å². The van der Waals surface area contributed by atoms with E-state index >= 15 is 0 Å². The summed E-state index contributed by atoms with van der Waals surface area (Å²) in [5, 5.41) is 0. The Balaban J connectivity index is 2.32. The molecule has 0 aromatic carbocycles. The largest absolute Gasteiger partial charge is 0.331 e. The summed E-state index contributed by atoms with van der Waals surface area (Å²) in [6.07, 6.45) is 3.84. The number of thiazole rings is 1. The molecule has 0 saturated heterocycles. The van der Waals surface area contributed by atoms with Crippen LogP contribution in [0.2, 0.25) is 0 Å². The molecule has 0 unspecified atom stereocenters. The first-order valence-electron chi connectivity index (χ1n) is 5.60. The second-order valence-corrected chi connectivity index (χ2v) is 4.80. The third-order valence-corrected chi connectivity index (χ3v) is 3.30. The van der Waals surface area contributed by atoms with E-state index in [1.807, 2.05) is 0 Å². The van der Waals surface area contributed by atoms with Crippen LogP contribution in [0.15, 0.2) is 33.6 Å². The molecule has 2 heterocycles. The van der Waals surface area contributed by atoms with Gasteiger partial charge in [-0.3, -0.25) is 18.9 Å². The molecule has 2 aromatic heterocycles. The van der Waals surface area contributed by atoms with Crippen molar-refractivity contribution in [3.8, 4) is 0 Å². The predicted molar refractivity (Wildman–Crippen MR) is 69.8 cm³/mol. The van der Waals surface area contributed by atoms with Crippen LogP contribution in [-0.4, -0.2) is 20.7 Å². The molecule has 7 heteroatoms. The van der Waals surface area contributed by atoms with Gasteiger partial charge in [0.1, 0.15) is 0 Å². The minimum Gasteiger partial charge on any atom is -0.330 e. The van der Waals surface area contributed by atoms with Gasteiger partial charge in [-0.2, -0.15) is 0 Å². The molecule has 0 bridgehead atoms. The number of nitrogens with two attached hydrogens (primary N) is 1. The normalized spacial score (nSPS) is 10.7. The summed E-state index contributed by atoms with van der Waals surface area (Å²) in [6.45, 7) is 1.25. The van der Waals surface area contributed by atoms with Crippen molar-refractivity contribution in [1.82, 2.24) is 14.1 Å². The number of nitrogens with zero attached hydrogens (tertiary/aromatic N) is 3. The minimum atomic E-state index is -0.302. The monoisotopic (exact) mass is 266 g/mol. The SMILES string of the molecule is NCCCn1c(=O)ccn(Cc2cncs2)c1=O. The summed E-state index contributed by atoms with van der Waals surface area (Å²) >= 11 is 1.48. The summed E-state index contributed by atoms with van der Waals surface area (Å²) in [5.74, 6) is 0. The lowest BCUT2D eigenvalue weighted by molar-refractivity contribution is 0.555. The summed E-state index contributed by atoms with van der Waals surface area (Å²) in [5.41, 5.74) is 6.52. The highest BCUT2D eigenvalue weighted by atomic mass is 32.1. The molecule has 2 N–H and O–H groups in total. The summed E-state index contributed by atoms with van der Waals surface area (Å²) in [6, 6.07) is 1.40. The Morgan fingerprint density at radius 2 is 2.22 bits per heavy atom. The summed E-state index contributed by atoms with van der Waals surface area (Å²) in [4.78, 5) is 28.6. The molecule has 0 saturated carbocycles. The molecule has 0 fully saturated rings. The average Bonchev–Trinajstić information content (AvgIpc) is 2.86. The molecule has 0 aliphatic heterocycles. The molecule has 2 aromatic rings. The molecule has 0 aliphatic carbocycles. The quantitative estimate of drug-likeness (QED) is 0.816. The van der Waals surface area contributed by atoms with Crippen LogP contribution < -0.4 is 17.0 Å². The Hall–Kier alpha value is -1.73. The highest BCUT2D eigenvalue weighted by Gasteiger charge is 2.05. The molecule has 0 radical (unpaired) electrons.